The van der Waals surface area contributed by atoms with Gasteiger partial charge in [0.2, 0.25) is 5.88 Å². The van der Waals surface area contributed by atoms with Crippen LogP contribution in [-0.4, -0.2) is 15.0 Å². The maximum Gasteiger partial charge on any atom is 0.269 e. The molecule has 1 aromatic heterocycles. The van der Waals surface area contributed by atoms with E-state index in [1.165, 1.54) is 24.3 Å². The van der Waals surface area contributed by atoms with Crippen LogP contribution in [0.4, 0.5) is 17.1 Å². The van der Waals surface area contributed by atoms with Gasteiger partial charge in [-0.25, -0.2) is 0 Å². The fraction of sp³-hybridized carbons (Fsp3) is 0.0667. The number of aromatic hydroxyl groups is 1. The Balaban J connectivity index is 2.00. The van der Waals surface area contributed by atoms with Crippen molar-refractivity contribution in [3.63, 3.8) is 0 Å². The van der Waals surface area contributed by atoms with Gasteiger partial charge in [0.15, 0.2) is 5.69 Å². The van der Waals surface area contributed by atoms with Crippen molar-refractivity contribution in [2.75, 3.05) is 0 Å². The monoisotopic (exact) mass is 374 g/mol. The van der Waals surface area contributed by atoms with E-state index in [0.29, 0.717) is 11.4 Å². The Morgan fingerprint density at radius 2 is 1.91 bits per heavy atom. The summed E-state index contributed by atoms with van der Waals surface area (Å²) in [6, 6.07) is 9.45. The zero-order valence-corrected chi connectivity index (χ0v) is 13.5. The van der Waals surface area contributed by atoms with E-state index < -0.39 is 4.92 Å². The number of hydrogen-bond acceptors (Lipinski definition) is 5. The summed E-state index contributed by atoms with van der Waals surface area (Å²) >= 11 is 3.41. The van der Waals surface area contributed by atoms with Crippen LogP contribution in [0.15, 0.2) is 51.1 Å². The number of non-ortho nitro benzene ring substituents is 1. The number of fused-ring (bicyclic) bond motifs is 1. The lowest BCUT2D eigenvalue weighted by Gasteiger charge is -1.98. The summed E-state index contributed by atoms with van der Waals surface area (Å²) in [7, 11) is 0. The first-order valence-corrected chi connectivity index (χ1v) is 7.42. The number of benzene rings is 2. The molecule has 23 heavy (non-hydrogen) atoms. The lowest BCUT2D eigenvalue weighted by Crippen LogP contribution is -1.85. The summed E-state index contributed by atoms with van der Waals surface area (Å²) in [5, 5.41) is 29.5. The van der Waals surface area contributed by atoms with Crippen LogP contribution < -0.4 is 0 Å². The van der Waals surface area contributed by atoms with Gasteiger partial charge in [-0.05, 0) is 36.8 Å². The molecule has 0 saturated heterocycles. The number of aromatic amines is 1. The Hall–Kier alpha value is -2.74. The summed E-state index contributed by atoms with van der Waals surface area (Å²) in [6.45, 7) is 1.92. The van der Waals surface area contributed by atoms with Gasteiger partial charge in [-0.2, -0.15) is 5.11 Å². The van der Waals surface area contributed by atoms with Gasteiger partial charge in [0.05, 0.1) is 16.1 Å². The Bertz CT molecular complexity index is 932. The highest BCUT2D eigenvalue weighted by atomic mass is 79.9. The fourth-order valence-electron chi connectivity index (χ4n) is 2.25. The highest BCUT2D eigenvalue weighted by molar-refractivity contribution is 9.10. The number of aromatic nitrogens is 1. The van der Waals surface area contributed by atoms with Crippen molar-refractivity contribution in [1.82, 2.24) is 4.98 Å². The molecule has 7 nitrogen and oxygen atoms in total. The lowest BCUT2D eigenvalue weighted by molar-refractivity contribution is -0.384. The average Bonchev–Trinajstić information content (AvgIpc) is 2.82. The van der Waals surface area contributed by atoms with E-state index in [0.717, 1.165) is 20.9 Å². The third kappa shape index (κ3) is 2.93. The Morgan fingerprint density at radius 1 is 1.22 bits per heavy atom. The van der Waals surface area contributed by atoms with Gasteiger partial charge < -0.3 is 10.1 Å². The number of nitro groups is 1. The number of aryl methyl sites for hydroxylation is 1. The highest BCUT2D eigenvalue weighted by Crippen LogP contribution is 2.39. The number of rotatable bonds is 3. The Labute approximate surface area is 139 Å². The van der Waals surface area contributed by atoms with Gasteiger partial charge in [0.1, 0.15) is 0 Å². The molecule has 0 aliphatic carbocycles. The second-order valence-electron chi connectivity index (χ2n) is 4.94. The SMILES string of the molecule is Cc1cc(Br)cc2c(N=Nc3ccc([N+](=O)[O-])cc3)c(O)[nH]c12. The number of nitrogens with one attached hydrogen (secondary N) is 1. The molecule has 0 atom stereocenters. The standard InChI is InChI=1S/C15H11BrN4O3/c1-8-6-9(16)7-12-13(8)17-15(21)14(12)19-18-10-2-4-11(5-3-10)20(22)23/h2-7,17,21H,1H3. The maximum atomic E-state index is 10.6. The van der Waals surface area contributed by atoms with Crippen LogP contribution in [0.2, 0.25) is 0 Å². The minimum atomic E-state index is -0.479. The molecule has 8 heteroatoms. The van der Waals surface area contributed by atoms with Crippen LogP contribution in [0.3, 0.4) is 0 Å². The number of nitro benzene ring substituents is 1. The van der Waals surface area contributed by atoms with Gasteiger partial charge in [-0.15, -0.1) is 5.11 Å². The smallest absolute Gasteiger partial charge is 0.269 e. The second kappa shape index (κ2) is 5.81. The van der Waals surface area contributed by atoms with Crippen LogP contribution in [0.1, 0.15) is 5.56 Å². The molecule has 0 saturated carbocycles. The van der Waals surface area contributed by atoms with E-state index in [9.17, 15) is 15.2 Å². The normalized spacial score (nSPS) is 11.4. The molecule has 0 fully saturated rings. The van der Waals surface area contributed by atoms with Gasteiger partial charge in [-0.3, -0.25) is 10.1 Å². The first-order valence-electron chi connectivity index (χ1n) is 6.62. The minimum absolute atomic E-state index is 0.0153. The molecule has 0 radical (unpaired) electrons. The molecular weight excluding hydrogens is 364 g/mol. The number of halogens is 1. The first-order chi connectivity index (χ1) is 11.0. The fourth-order valence-corrected chi connectivity index (χ4v) is 2.82. The number of H-pyrrole nitrogens is 1. The van der Waals surface area contributed by atoms with Crippen molar-refractivity contribution < 1.29 is 10.0 Å². The lowest BCUT2D eigenvalue weighted by atomic mass is 10.1. The van der Waals surface area contributed by atoms with E-state index in [1.807, 2.05) is 19.1 Å². The largest absolute Gasteiger partial charge is 0.493 e. The van der Waals surface area contributed by atoms with Crippen LogP contribution in [-0.2, 0) is 0 Å². The quantitative estimate of drug-likeness (QED) is 0.370. The predicted molar refractivity (Wildman–Crippen MR) is 89.7 cm³/mol. The summed E-state index contributed by atoms with van der Waals surface area (Å²) < 4.78 is 0.869. The Kier molecular flexibility index (Phi) is 3.83. The van der Waals surface area contributed by atoms with Crippen molar-refractivity contribution >= 4 is 43.9 Å². The highest BCUT2D eigenvalue weighted by Gasteiger charge is 2.13. The van der Waals surface area contributed by atoms with Crippen molar-refractivity contribution in [3.05, 3.63) is 56.5 Å². The van der Waals surface area contributed by atoms with Gasteiger partial charge in [0, 0.05) is 22.0 Å². The van der Waals surface area contributed by atoms with Crippen LogP contribution in [0, 0.1) is 17.0 Å². The number of azo groups is 1. The van der Waals surface area contributed by atoms with Crippen LogP contribution in [0.25, 0.3) is 10.9 Å². The van der Waals surface area contributed by atoms with Crippen molar-refractivity contribution in [2.24, 2.45) is 10.2 Å². The summed E-state index contributed by atoms with van der Waals surface area (Å²) in [6.07, 6.45) is 0. The molecule has 0 bridgehead atoms. The third-order valence-electron chi connectivity index (χ3n) is 3.35. The third-order valence-corrected chi connectivity index (χ3v) is 3.81. The molecule has 1 heterocycles. The summed E-state index contributed by atoms with van der Waals surface area (Å²) in [5.74, 6) is -0.0770. The Morgan fingerprint density at radius 3 is 2.57 bits per heavy atom. The van der Waals surface area contributed by atoms with E-state index in [2.05, 4.69) is 31.1 Å². The summed E-state index contributed by atoms with van der Waals surface area (Å²) in [5.41, 5.74) is 2.50. The zero-order chi connectivity index (χ0) is 16.6. The van der Waals surface area contributed by atoms with Crippen LogP contribution in [0.5, 0.6) is 5.88 Å². The van der Waals surface area contributed by atoms with Crippen molar-refractivity contribution in [1.29, 1.82) is 0 Å². The molecule has 2 N–H and O–H groups in total. The molecular formula is C15H11BrN4O3. The topological polar surface area (TPSA) is 104 Å². The molecule has 0 aliphatic rings. The van der Waals surface area contributed by atoms with Gasteiger partial charge >= 0.3 is 0 Å². The van der Waals surface area contributed by atoms with Gasteiger partial charge in [0.25, 0.3) is 5.69 Å². The van der Waals surface area contributed by atoms with E-state index >= 15 is 0 Å². The molecule has 0 amide bonds. The molecule has 0 aliphatic heterocycles. The molecule has 116 valence electrons. The molecule has 0 unspecified atom stereocenters. The minimum Gasteiger partial charge on any atom is -0.493 e. The molecule has 2 aromatic carbocycles. The molecule has 3 aromatic rings. The van der Waals surface area contributed by atoms with Crippen LogP contribution >= 0.6 is 15.9 Å². The average molecular weight is 375 g/mol. The predicted octanol–water partition coefficient (Wildman–Crippen LogP) is 5.27. The van der Waals surface area contributed by atoms with Crippen molar-refractivity contribution in [2.45, 2.75) is 6.92 Å². The zero-order valence-electron chi connectivity index (χ0n) is 11.9. The first kappa shape index (κ1) is 15.2. The number of nitrogens with zero attached hydrogens (tertiary/aromatic N) is 3. The maximum absolute atomic E-state index is 10.6. The van der Waals surface area contributed by atoms with Crippen molar-refractivity contribution in [3.8, 4) is 5.88 Å². The molecule has 0 spiro atoms. The molecule has 3 rings (SSSR count). The van der Waals surface area contributed by atoms with E-state index in [-0.39, 0.29) is 11.6 Å². The number of hydrogen-bond donors (Lipinski definition) is 2. The van der Waals surface area contributed by atoms with E-state index in [4.69, 9.17) is 0 Å². The van der Waals surface area contributed by atoms with E-state index in [1.54, 1.807) is 0 Å². The summed E-state index contributed by atoms with van der Waals surface area (Å²) in [4.78, 5) is 13.0. The second-order valence-corrected chi connectivity index (χ2v) is 5.86. The van der Waals surface area contributed by atoms with Gasteiger partial charge in [-0.1, -0.05) is 15.9 Å².